The van der Waals surface area contributed by atoms with Crippen LogP contribution in [0.4, 0.5) is 0 Å². The lowest BCUT2D eigenvalue weighted by atomic mass is 9.90. The molecule has 2 aliphatic rings. The molecular weight excluding hydrogens is 466 g/mol. The van der Waals surface area contributed by atoms with Crippen molar-refractivity contribution in [1.82, 2.24) is 14.8 Å². The van der Waals surface area contributed by atoms with E-state index in [4.69, 9.17) is 4.74 Å². The van der Waals surface area contributed by atoms with Gasteiger partial charge in [0.2, 0.25) is 5.91 Å². The quantitative estimate of drug-likeness (QED) is 0.627. The number of piperidine rings is 2. The number of hydrogen-bond acceptors (Lipinski definition) is 5. The maximum atomic E-state index is 13.0. The molecule has 30 heavy (non-hydrogen) atoms. The first-order chi connectivity index (χ1) is 14.6. The molecule has 0 saturated carbocycles. The van der Waals surface area contributed by atoms with Crippen LogP contribution < -0.4 is 4.74 Å². The van der Waals surface area contributed by atoms with E-state index in [1.165, 1.54) is 17.8 Å². The number of aromatic nitrogens is 1. The number of hydrogen-bond donors (Lipinski definition) is 0. The first kappa shape index (κ1) is 21.3. The van der Waals surface area contributed by atoms with Crippen LogP contribution >= 0.6 is 27.3 Å². The van der Waals surface area contributed by atoms with Crippen molar-refractivity contribution in [3.05, 3.63) is 45.3 Å². The van der Waals surface area contributed by atoms with Crippen molar-refractivity contribution in [2.75, 3.05) is 26.2 Å². The third-order valence-electron chi connectivity index (χ3n) is 5.82. The van der Waals surface area contributed by atoms with E-state index in [-0.39, 0.29) is 23.8 Å². The van der Waals surface area contributed by atoms with Gasteiger partial charge in [-0.2, -0.15) is 0 Å². The van der Waals surface area contributed by atoms with Gasteiger partial charge in [0.15, 0.2) is 0 Å². The minimum Gasteiger partial charge on any atom is -0.490 e. The summed E-state index contributed by atoms with van der Waals surface area (Å²) in [5.41, 5.74) is 1.67. The molecule has 2 fully saturated rings. The molecule has 0 N–H and O–H groups in total. The summed E-state index contributed by atoms with van der Waals surface area (Å²) in [6.45, 7) is 2.82. The van der Waals surface area contributed by atoms with Crippen LogP contribution in [0.5, 0.6) is 5.75 Å². The summed E-state index contributed by atoms with van der Waals surface area (Å²) < 4.78 is 7.26. The summed E-state index contributed by atoms with van der Waals surface area (Å²) in [6.07, 6.45) is 5.97. The highest BCUT2D eigenvalue weighted by atomic mass is 79.9. The molecule has 1 aromatic heterocycles. The summed E-state index contributed by atoms with van der Waals surface area (Å²) in [4.78, 5) is 34.3. The molecule has 0 bridgehead atoms. The molecule has 160 valence electrons. The fourth-order valence-electron chi connectivity index (χ4n) is 4.24. The van der Waals surface area contributed by atoms with Gasteiger partial charge in [-0.1, -0.05) is 22.0 Å². The number of amides is 2. The van der Waals surface area contributed by atoms with Gasteiger partial charge in [0, 0.05) is 49.4 Å². The summed E-state index contributed by atoms with van der Waals surface area (Å²) >= 11 is 4.84. The van der Waals surface area contributed by atoms with Crippen LogP contribution in [0.25, 0.3) is 0 Å². The largest absolute Gasteiger partial charge is 0.490 e. The third-order valence-corrected chi connectivity index (χ3v) is 7.08. The van der Waals surface area contributed by atoms with Crippen molar-refractivity contribution in [2.24, 2.45) is 5.92 Å². The molecule has 8 heteroatoms. The maximum absolute atomic E-state index is 13.0. The molecule has 2 aromatic rings. The second-order valence-electron chi connectivity index (χ2n) is 7.92. The molecule has 2 amide bonds. The number of rotatable bonds is 5. The van der Waals surface area contributed by atoms with Crippen LogP contribution in [-0.2, 0) is 4.79 Å². The summed E-state index contributed by atoms with van der Waals surface area (Å²) in [5, 5.41) is 0. The minimum absolute atomic E-state index is 0.00572. The molecule has 0 radical (unpaired) electrons. The third kappa shape index (κ3) is 5.21. The molecule has 1 aromatic carbocycles. The lowest BCUT2D eigenvalue weighted by molar-refractivity contribution is -0.134. The van der Waals surface area contributed by atoms with E-state index in [9.17, 15) is 9.59 Å². The van der Waals surface area contributed by atoms with Crippen molar-refractivity contribution in [1.29, 1.82) is 0 Å². The summed E-state index contributed by atoms with van der Waals surface area (Å²) in [5.74, 6) is 0.916. The van der Waals surface area contributed by atoms with E-state index < -0.39 is 0 Å². The topological polar surface area (TPSA) is 62.7 Å². The number of halogens is 1. The smallest absolute Gasteiger partial charge is 0.265 e. The number of carbonyl (C=O) groups is 2. The SMILES string of the molecule is O=C(C[C@H]1CN(C(=O)c2cncs2)CC[C@@H]1Oc1cccc(Br)c1)N1CCCCC1. The van der Waals surface area contributed by atoms with Crippen LogP contribution in [0, 0.1) is 5.92 Å². The Bertz CT molecular complexity index is 870. The fraction of sp³-hybridized carbons (Fsp3) is 0.500. The van der Waals surface area contributed by atoms with Crippen LogP contribution in [0.15, 0.2) is 40.4 Å². The molecular formula is C22H26BrN3O3S. The molecule has 3 heterocycles. The fourth-order valence-corrected chi connectivity index (χ4v) is 5.20. The maximum Gasteiger partial charge on any atom is 0.265 e. The Kier molecular flexibility index (Phi) is 7.04. The number of benzene rings is 1. The van der Waals surface area contributed by atoms with E-state index in [1.807, 2.05) is 34.1 Å². The number of thiazole rings is 1. The van der Waals surface area contributed by atoms with E-state index in [1.54, 1.807) is 11.7 Å². The van der Waals surface area contributed by atoms with Gasteiger partial charge in [0.05, 0.1) is 11.7 Å². The van der Waals surface area contributed by atoms with E-state index in [0.29, 0.717) is 30.8 Å². The molecule has 2 saturated heterocycles. The Labute approximate surface area is 189 Å². The Morgan fingerprint density at radius 2 is 2.00 bits per heavy atom. The number of nitrogens with zero attached hydrogens (tertiary/aromatic N) is 3. The van der Waals surface area contributed by atoms with Gasteiger partial charge in [-0.15, -0.1) is 11.3 Å². The predicted octanol–water partition coefficient (Wildman–Crippen LogP) is 4.22. The summed E-state index contributed by atoms with van der Waals surface area (Å²) in [6, 6.07) is 7.78. The van der Waals surface area contributed by atoms with Crippen molar-refractivity contribution in [2.45, 2.75) is 38.2 Å². The lowest BCUT2D eigenvalue weighted by Crippen LogP contribution is -2.49. The predicted molar refractivity (Wildman–Crippen MR) is 120 cm³/mol. The zero-order chi connectivity index (χ0) is 20.9. The highest BCUT2D eigenvalue weighted by Gasteiger charge is 2.36. The van der Waals surface area contributed by atoms with Gasteiger partial charge in [-0.05, 0) is 37.5 Å². The highest BCUT2D eigenvalue weighted by Crippen LogP contribution is 2.29. The zero-order valence-corrected chi connectivity index (χ0v) is 19.2. The molecule has 4 rings (SSSR count). The van der Waals surface area contributed by atoms with E-state index in [0.717, 1.165) is 36.2 Å². The zero-order valence-electron chi connectivity index (χ0n) is 16.8. The first-order valence-corrected chi connectivity index (χ1v) is 12.1. The standard InChI is InChI=1S/C22H26BrN3O3S/c23-17-5-4-6-18(12-17)29-19-7-10-26(22(28)20-13-24-15-30-20)14-16(19)11-21(27)25-8-2-1-3-9-25/h4-6,12-13,15-16,19H,1-3,7-11,14H2/t16-,19-/m0/s1. The van der Waals surface area contributed by atoms with E-state index >= 15 is 0 Å². The van der Waals surface area contributed by atoms with Crippen molar-refractivity contribution in [3.8, 4) is 5.75 Å². The molecule has 0 unspecified atom stereocenters. The van der Waals surface area contributed by atoms with Gasteiger partial charge in [0.1, 0.15) is 16.7 Å². The van der Waals surface area contributed by atoms with Gasteiger partial charge in [-0.25, -0.2) is 0 Å². The van der Waals surface area contributed by atoms with Crippen LogP contribution in [0.1, 0.15) is 41.8 Å². The molecule has 0 spiro atoms. The van der Waals surface area contributed by atoms with Gasteiger partial charge in [0.25, 0.3) is 5.91 Å². The Hall–Kier alpha value is -1.93. The summed E-state index contributed by atoms with van der Waals surface area (Å²) in [7, 11) is 0. The molecule has 2 aliphatic heterocycles. The number of carbonyl (C=O) groups excluding carboxylic acids is 2. The number of likely N-dealkylation sites (tertiary alicyclic amines) is 2. The monoisotopic (exact) mass is 491 g/mol. The first-order valence-electron chi connectivity index (χ1n) is 10.5. The second-order valence-corrected chi connectivity index (χ2v) is 9.73. The lowest BCUT2D eigenvalue weighted by Gasteiger charge is -2.39. The van der Waals surface area contributed by atoms with Crippen molar-refractivity contribution < 1.29 is 14.3 Å². The van der Waals surface area contributed by atoms with E-state index in [2.05, 4.69) is 20.9 Å². The Morgan fingerprint density at radius 3 is 2.73 bits per heavy atom. The normalized spacial score (nSPS) is 22.0. The van der Waals surface area contributed by atoms with Crippen molar-refractivity contribution >= 4 is 39.1 Å². The van der Waals surface area contributed by atoms with Crippen molar-refractivity contribution in [3.63, 3.8) is 0 Å². The average Bonchev–Trinajstić information content (AvgIpc) is 3.30. The minimum atomic E-state index is -0.0986. The Morgan fingerprint density at radius 1 is 1.17 bits per heavy atom. The van der Waals surface area contributed by atoms with Gasteiger partial charge >= 0.3 is 0 Å². The average molecular weight is 492 g/mol. The molecule has 6 nitrogen and oxygen atoms in total. The van der Waals surface area contributed by atoms with Crippen LogP contribution in [0.2, 0.25) is 0 Å². The second kappa shape index (κ2) is 9.92. The number of ether oxygens (including phenoxy) is 1. The van der Waals surface area contributed by atoms with Crippen LogP contribution in [-0.4, -0.2) is 58.9 Å². The molecule has 0 aliphatic carbocycles. The van der Waals surface area contributed by atoms with Crippen LogP contribution in [0.3, 0.4) is 0 Å². The van der Waals surface area contributed by atoms with Gasteiger partial charge in [-0.3, -0.25) is 14.6 Å². The molecule has 2 atom stereocenters. The highest BCUT2D eigenvalue weighted by molar-refractivity contribution is 9.10. The Balaban J connectivity index is 1.48. The van der Waals surface area contributed by atoms with Gasteiger partial charge < -0.3 is 14.5 Å².